The highest BCUT2D eigenvalue weighted by Gasteiger charge is 2.39. The summed E-state index contributed by atoms with van der Waals surface area (Å²) in [5, 5.41) is 0. The van der Waals surface area contributed by atoms with Crippen molar-refractivity contribution in [2.24, 2.45) is 5.41 Å². The Morgan fingerprint density at radius 1 is 1.09 bits per heavy atom. The molecule has 0 saturated carbocycles. The molecular formula is C17H27N3O2S. The number of hydrogen-bond donors (Lipinski definition) is 0. The van der Waals surface area contributed by atoms with Crippen molar-refractivity contribution in [1.82, 2.24) is 14.2 Å². The lowest BCUT2D eigenvalue weighted by atomic mass is 9.71. The van der Waals surface area contributed by atoms with Crippen LogP contribution < -0.4 is 0 Å². The van der Waals surface area contributed by atoms with E-state index >= 15 is 0 Å². The van der Waals surface area contributed by atoms with Gasteiger partial charge in [-0.05, 0) is 63.2 Å². The zero-order chi connectivity index (χ0) is 16.3. The summed E-state index contributed by atoms with van der Waals surface area (Å²) in [4.78, 5) is 6.88. The average Bonchev–Trinajstić information content (AvgIpc) is 2.59. The summed E-state index contributed by atoms with van der Waals surface area (Å²) in [6.07, 6.45) is 6.25. The van der Waals surface area contributed by atoms with E-state index < -0.39 is 10.0 Å². The van der Waals surface area contributed by atoms with Gasteiger partial charge in [0.2, 0.25) is 10.0 Å². The van der Waals surface area contributed by atoms with Crippen LogP contribution in [0.3, 0.4) is 0 Å². The fraction of sp³-hybridized carbons (Fsp3) is 0.706. The number of rotatable bonds is 4. The predicted octanol–water partition coefficient (Wildman–Crippen LogP) is 2.11. The van der Waals surface area contributed by atoms with E-state index in [1.165, 1.54) is 12.8 Å². The average molecular weight is 337 g/mol. The number of hydrogen-bond acceptors (Lipinski definition) is 4. The maximum absolute atomic E-state index is 12.0. The first-order valence-electron chi connectivity index (χ1n) is 8.63. The van der Waals surface area contributed by atoms with Gasteiger partial charge >= 0.3 is 0 Å². The Labute approximate surface area is 139 Å². The SMILES string of the molecule is CCS(=O)(=O)N1CCC2(CCN(Cc3ccccn3)CC2)CC1. The van der Waals surface area contributed by atoms with Gasteiger partial charge in [0.15, 0.2) is 0 Å². The number of aromatic nitrogens is 1. The van der Waals surface area contributed by atoms with Crippen LogP contribution in [0.2, 0.25) is 0 Å². The minimum Gasteiger partial charge on any atom is -0.297 e. The summed E-state index contributed by atoms with van der Waals surface area (Å²) in [7, 11) is -3.01. The molecule has 6 heteroatoms. The Morgan fingerprint density at radius 3 is 2.30 bits per heavy atom. The monoisotopic (exact) mass is 337 g/mol. The molecule has 0 aliphatic carbocycles. The van der Waals surface area contributed by atoms with Gasteiger partial charge < -0.3 is 0 Å². The third kappa shape index (κ3) is 3.92. The Balaban J connectivity index is 1.51. The van der Waals surface area contributed by atoms with Crippen molar-refractivity contribution in [2.45, 2.75) is 39.2 Å². The molecule has 2 aliphatic heterocycles. The number of pyridine rings is 1. The summed E-state index contributed by atoms with van der Waals surface area (Å²) in [5.41, 5.74) is 1.49. The predicted molar refractivity (Wildman–Crippen MR) is 91.4 cm³/mol. The molecule has 3 heterocycles. The van der Waals surface area contributed by atoms with Crippen LogP contribution in [0.5, 0.6) is 0 Å². The second kappa shape index (κ2) is 6.87. The molecule has 0 unspecified atom stereocenters. The molecular weight excluding hydrogens is 310 g/mol. The second-order valence-electron chi connectivity index (χ2n) is 6.90. The van der Waals surface area contributed by atoms with Gasteiger partial charge in [-0.3, -0.25) is 9.88 Å². The molecule has 1 aromatic heterocycles. The van der Waals surface area contributed by atoms with Crippen LogP contribution in [0.25, 0.3) is 0 Å². The highest BCUT2D eigenvalue weighted by molar-refractivity contribution is 7.89. The Kier molecular flexibility index (Phi) is 5.04. The molecule has 0 amide bonds. The maximum Gasteiger partial charge on any atom is 0.213 e. The van der Waals surface area contributed by atoms with E-state index in [4.69, 9.17) is 0 Å². The quantitative estimate of drug-likeness (QED) is 0.844. The van der Waals surface area contributed by atoms with E-state index in [-0.39, 0.29) is 5.75 Å². The minimum atomic E-state index is -3.01. The molecule has 0 N–H and O–H groups in total. The van der Waals surface area contributed by atoms with Crippen LogP contribution in [0.4, 0.5) is 0 Å². The number of sulfonamides is 1. The molecule has 0 radical (unpaired) electrons. The topological polar surface area (TPSA) is 53.5 Å². The molecule has 2 aliphatic rings. The van der Waals surface area contributed by atoms with Gasteiger partial charge in [-0.25, -0.2) is 12.7 Å². The van der Waals surface area contributed by atoms with E-state index in [2.05, 4.69) is 16.0 Å². The zero-order valence-electron chi connectivity index (χ0n) is 13.9. The molecule has 2 saturated heterocycles. The van der Waals surface area contributed by atoms with Gasteiger partial charge in [0, 0.05) is 25.8 Å². The fourth-order valence-electron chi connectivity index (χ4n) is 3.83. The van der Waals surface area contributed by atoms with Gasteiger partial charge in [-0.2, -0.15) is 0 Å². The van der Waals surface area contributed by atoms with E-state index in [9.17, 15) is 8.42 Å². The van der Waals surface area contributed by atoms with Gasteiger partial charge in [-0.1, -0.05) is 6.07 Å². The van der Waals surface area contributed by atoms with Crippen LogP contribution in [-0.2, 0) is 16.6 Å². The van der Waals surface area contributed by atoms with E-state index in [0.29, 0.717) is 18.5 Å². The van der Waals surface area contributed by atoms with Crippen LogP contribution in [-0.4, -0.2) is 54.5 Å². The van der Waals surface area contributed by atoms with Crippen LogP contribution in [0.1, 0.15) is 38.3 Å². The standard InChI is InChI=1S/C17H27N3O2S/c1-2-23(21,22)20-13-8-17(9-14-20)6-11-19(12-7-17)15-16-5-3-4-10-18-16/h3-5,10H,2,6-9,11-15H2,1H3. The lowest BCUT2D eigenvalue weighted by Crippen LogP contribution is -2.48. The van der Waals surface area contributed by atoms with Crippen LogP contribution in [0, 0.1) is 5.41 Å². The zero-order valence-corrected chi connectivity index (χ0v) is 14.8. The highest BCUT2D eigenvalue weighted by atomic mass is 32.2. The summed E-state index contributed by atoms with van der Waals surface area (Å²) >= 11 is 0. The Bertz CT molecular complexity index is 600. The van der Waals surface area contributed by atoms with Crippen molar-refractivity contribution >= 4 is 10.0 Å². The summed E-state index contributed by atoms with van der Waals surface area (Å²) in [6, 6.07) is 6.07. The van der Waals surface area contributed by atoms with Crippen molar-refractivity contribution < 1.29 is 8.42 Å². The van der Waals surface area contributed by atoms with Gasteiger partial charge in [0.05, 0.1) is 11.4 Å². The normalized spacial score (nSPS) is 23.2. The van der Waals surface area contributed by atoms with Crippen LogP contribution in [0.15, 0.2) is 24.4 Å². The lowest BCUT2D eigenvalue weighted by molar-refractivity contribution is 0.0525. The number of piperidine rings is 2. The van der Waals surface area contributed by atoms with E-state index in [1.807, 2.05) is 18.3 Å². The van der Waals surface area contributed by atoms with Crippen molar-refractivity contribution in [3.63, 3.8) is 0 Å². The molecule has 128 valence electrons. The molecule has 23 heavy (non-hydrogen) atoms. The van der Waals surface area contributed by atoms with E-state index in [1.54, 1.807) is 11.2 Å². The molecule has 1 spiro atoms. The van der Waals surface area contributed by atoms with Crippen molar-refractivity contribution in [3.8, 4) is 0 Å². The molecule has 0 bridgehead atoms. The van der Waals surface area contributed by atoms with Gasteiger partial charge in [0.25, 0.3) is 0 Å². The van der Waals surface area contributed by atoms with Crippen molar-refractivity contribution in [3.05, 3.63) is 30.1 Å². The lowest BCUT2D eigenvalue weighted by Gasteiger charge is -2.46. The molecule has 5 nitrogen and oxygen atoms in total. The summed E-state index contributed by atoms with van der Waals surface area (Å²) in [6.45, 7) is 6.25. The molecule has 3 rings (SSSR count). The number of nitrogens with zero attached hydrogens (tertiary/aromatic N) is 3. The largest absolute Gasteiger partial charge is 0.297 e. The van der Waals surface area contributed by atoms with Gasteiger partial charge in [-0.15, -0.1) is 0 Å². The fourth-order valence-corrected chi connectivity index (χ4v) is 4.93. The first-order chi connectivity index (χ1) is 11.0. The molecule has 0 aromatic carbocycles. The van der Waals surface area contributed by atoms with Crippen LogP contribution >= 0.6 is 0 Å². The van der Waals surface area contributed by atoms with Gasteiger partial charge in [0.1, 0.15) is 0 Å². The smallest absolute Gasteiger partial charge is 0.213 e. The number of likely N-dealkylation sites (tertiary alicyclic amines) is 1. The molecule has 1 aromatic rings. The summed E-state index contributed by atoms with van der Waals surface area (Å²) < 4.78 is 25.7. The third-order valence-corrected chi connectivity index (χ3v) is 7.45. The molecule has 0 atom stereocenters. The highest BCUT2D eigenvalue weighted by Crippen LogP contribution is 2.41. The van der Waals surface area contributed by atoms with Crippen molar-refractivity contribution in [2.75, 3.05) is 31.9 Å². The first-order valence-corrected chi connectivity index (χ1v) is 10.2. The molecule has 2 fully saturated rings. The van der Waals surface area contributed by atoms with E-state index in [0.717, 1.165) is 38.2 Å². The Hall–Kier alpha value is -0.980. The summed E-state index contributed by atoms with van der Waals surface area (Å²) in [5.74, 6) is 0.220. The maximum atomic E-state index is 12.0. The second-order valence-corrected chi connectivity index (χ2v) is 9.15. The first kappa shape index (κ1) is 16.9. The minimum absolute atomic E-state index is 0.220. The van der Waals surface area contributed by atoms with Crippen molar-refractivity contribution in [1.29, 1.82) is 0 Å². The Morgan fingerprint density at radius 2 is 1.74 bits per heavy atom. The third-order valence-electron chi connectivity index (χ3n) is 5.57.